The Morgan fingerprint density at radius 2 is 2.00 bits per heavy atom. The molecule has 0 amide bonds. The number of ether oxygens (including phenoxy) is 1. The molecule has 0 aliphatic heterocycles. The molecule has 0 radical (unpaired) electrons. The average molecular weight is 255 g/mol. The van der Waals surface area contributed by atoms with Gasteiger partial charge >= 0.3 is 0 Å². The molecule has 0 saturated carbocycles. The zero-order chi connectivity index (χ0) is 13.2. The molecule has 3 rings (SSSR count). The van der Waals surface area contributed by atoms with Crippen molar-refractivity contribution in [2.24, 2.45) is 0 Å². The molecule has 0 atom stereocenters. The van der Waals surface area contributed by atoms with Crippen molar-refractivity contribution >= 4 is 5.69 Å². The Morgan fingerprint density at radius 1 is 1.21 bits per heavy atom. The van der Waals surface area contributed by atoms with Crippen LogP contribution in [0.1, 0.15) is 0 Å². The quantitative estimate of drug-likeness (QED) is 0.781. The Kier molecular flexibility index (Phi) is 2.72. The Balaban J connectivity index is 1.99. The fraction of sp³-hybridized carbons (Fsp3) is 0.0714. The van der Waals surface area contributed by atoms with E-state index in [1.165, 1.54) is 0 Å². The summed E-state index contributed by atoms with van der Waals surface area (Å²) in [7, 11) is 1.63. The lowest BCUT2D eigenvalue weighted by Crippen LogP contribution is -1.94. The maximum atomic E-state index is 5.96. The van der Waals surface area contributed by atoms with Gasteiger partial charge in [0.1, 0.15) is 5.75 Å². The average Bonchev–Trinajstić information content (AvgIpc) is 3.08. The number of methoxy groups -OCH3 is 1. The molecule has 0 bridgehead atoms. The fourth-order valence-electron chi connectivity index (χ4n) is 1.86. The molecule has 2 N–H and O–H groups in total. The molecule has 96 valence electrons. The van der Waals surface area contributed by atoms with Gasteiger partial charge in [0, 0.05) is 0 Å². The predicted molar refractivity (Wildman–Crippen MR) is 72.2 cm³/mol. The maximum absolute atomic E-state index is 5.96. The van der Waals surface area contributed by atoms with E-state index in [0.29, 0.717) is 17.1 Å². The van der Waals surface area contributed by atoms with E-state index in [1.54, 1.807) is 30.3 Å². The van der Waals surface area contributed by atoms with Crippen molar-refractivity contribution < 1.29 is 9.15 Å². The standard InChI is InChI=1S/C14H13N3O2/c1-18-11-6-4-10(5-7-11)17-9-12(15)14(16-17)13-3-2-8-19-13/h2-9H,15H2,1H3. The van der Waals surface area contributed by atoms with E-state index in [0.717, 1.165) is 11.4 Å². The number of rotatable bonds is 3. The van der Waals surface area contributed by atoms with Crippen molar-refractivity contribution in [2.75, 3.05) is 12.8 Å². The van der Waals surface area contributed by atoms with Crippen LogP contribution < -0.4 is 10.5 Å². The third-order valence-corrected chi connectivity index (χ3v) is 2.83. The minimum atomic E-state index is 0.575. The van der Waals surface area contributed by atoms with Crippen molar-refractivity contribution in [2.45, 2.75) is 0 Å². The third-order valence-electron chi connectivity index (χ3n) is 2.83. The van der Waals surface area contributed by atoms with Gasteiger partial charge in [-0.3, -0.25) is 0 Å². The van der Waals surface area contributed by atoms with Crippen molar-refractivity contribution in [1.82, 2.24) is 9.78 Å². The number of benzene rings is 1. The van der Waals surface area contributed by atoms with Crippen molar-refractivity contribution in [3.63, 3.8) is 0 Å². The second-order valence-corrected chi connectivity index (χ2v) is 4.05. The molecule has 0 unspecified atom stereocenters. The lowest BCUT2D eigenvalue weighted by molar-refractivity contribution is 0.414. The van der Waals surface area contributed by atoms with E-state index >= 15 is 0 Å². The molecule has 5 heteroatoms. The summed E-state index contributed by atoms with van der Waals surface area (Å²) in [6.07, 6.45) is 3.36. The summed E-state index contributed by atoms with van der Waals surface area (Å²) >= 11 is 0. The van der Waals surface area contributed by atoms with E-state index in [1.807, 2.05) is 30.3 Å². The first kappa shape index (κ1) is 11.4. The zero-order valence-corrected chi connectivity index (χ0v) is 10.4. The summed E-state index contributed by atoms with van der Waals surface area (Å²) < 4.78 is 12.1. The smallest absolute Gasteiger partial charge is 0.156 e. The van der Waals surface area contributed by atoms with Gasteiger partial charge in [0.05, 0.1) is 30.9 Å². The molecule has 2 heterocycles. The number of furan rings is 1. The van der Waals surface area contributed by atoms with Gasteiger partial charge in [0.15, 0.2) is 11.5 Å². The highest BCUT2D eigenvalue weighted by molar-refractivity contribution is 5.68. The number of aromatic nitrogens is 2. The normalized spacial score (nSPS) is 10.6. The number of hydrogen-bond acceptors (Lipinski definition) is 4. The summed E-state index contributed by atoms with van der Waals surface area (Å²) in [6.45, 7) is 0. The fourth-order valence-corrected chi connectivity index (χ4v) is 1.86. The molecule has 0 fully saturated rings. The molecule has 0 aliphatic carbocycles. The molecular weight excluding hydrogens is 242 g/mol. The van der Waals surface area contributed by atoms with Gasteiger partial charge < -0.3 is 14.9 Å². The van der Waals surface area contributed by atoms with E-state index in [-0.39, 0.29) is 0 Å². The number of nitrogen functional groups attached to an aromatic ring is 1. The van der Waals surface area contributed by atoms with Crippen LogP contribution in [0.25, 0.3) is 17.1 Å². The Morgan fingerprint density at radius 3 is 2.63 bits per heavy atom. The Labute approximate surface area is 110 Å². The molecule has 0 spiro atoms. The first-order chi connectivity index (χ1) is 9.28. The first-order valence-electron chi connectivity index (χ1n) is 5.81. The molecule has 3 aromatic rings. The van der Waals surface area contributed by atoms with Gasteiger partial charge in [-0.2, -0.15) is 5.10 Å². The first-order valence-corrected chi connectivity index (χ1v) is 5.81. The van der Waals surface area contributed by atoms with E-state index in [2.05, 4.69) is 5.10 Å². The Hall–Kier alpha value is -2.69. The molecule has 1 aromatic carbocycles. The van der Waals surface area contributed by atoms with Crippen LogP contribution in [0.15, 0.2) is 53.3 Å². The van der Waals surface area contributed by atoms with Crippen LogP contribution in [-0.4, -0.2) is 16.9 Å². The number of anilines is 1. The second-order valence-electron chi connectivity index (χ2n) is 4.05. The highest BCUT2D eigenvalue weighted by atomic mass is 16.5. The summed E-state index contributed by atoms with van der Waals surface area (Å²) in [4.78, 5) is 0. The summed E-state index contributed by atoms with van der Waals surface area (Å²) in [5, 5.41) is 4.44. The number of nitrogens with two attached hydrogens (primary N) is 1. The van der Waals surface area contributed by atoms with Crippen LogP contribution in [0.3, 0.4) is 0 Å². The summed E-state index contributed by atoms with van der Waals surface area (Å²) in [5.41, 5.74) is 8.08. The topological polar surface area (TPSA) is 66.2 Å². The van der Waals surface area contributed by atoms with Crippen molar-refractivity contribution in [1.29, 1.82) is 0 Å². The highest BCUT2D eigenvalue weighted by Gasteiger charge is 2.11. The molecule has 19 heavy (non-hydrogen) atoms. The van der Waals surface area contributed by atoms with Gasteiger partial charge in [-0.1, -0.05) is 0 Å². The largest absolute Gasteiger partial charge is 0.497 e. The van der Waals surface area contributed by atoms with Gasteiger partial charge in [0.2, 0.25) is 0 Å². The minimum absolute atomic E-state index is 0.575. The SMILES string of the molecule is COc1ccc(-n2cc(N)c(-c3ccco3)n2)cc1. The van der Waals surface area contributed by atoms with Crippen LogP contribution >= 0.6 is 0 Å². The van der Waals surface area contributed by atoms with Crippen molar-refractivity contribution in [3.8, 4) is 22.9 Å². The monoisotopic (exact) mass is 255 g/mol. The van der Waals surface area contributed by atoms with E-state index in [9.17, 15) is 0 Å². The Bertz CT molecular complexity index is 669. The molecule has 0 saturated heterocycles. The van der Waals surface area contributed by atoms with Gasteiger partial charge in [-0.25, -0.2) is 4.68 Å². The van der Waals surface area contributed by atoms with Crippen LogP contribution in [0, 0.1) is 0 Å². The van der Waals surface area contributed by atoms with Gasteiger partial charge in [-0.15, -0.1) is 0 Å². The lowest BCUT2D eigenvalue weighted by atomic mass is 10.3. The molecule has 0 aliphatic rings. The van der Waals surface area contributed by atoms with Crippen LogP contribution in [-0.2, 0) is 0 Å². The molecule has 2 aromatic heterocycles. The van der Waals surface area contributed by atoms with Crippen molar-refractivity contribution in [3.05, 3.63) is 48.9 Å². The summed E-state index contributed by atoms with van der Waals surface area (Å²) in [5.74, 6) is 1.46. The number of nitrogens with zero attached hydrogens (tertiary/aromatic N) is 2. The minimum Gasteiger partial charge on any atom is -0.497 e. The van der Waals surface area contributed by atoms with Crippen LogP contribution in [0.5, 0.6) is 5.75 Å². The van der Waals surface area contributed by atoms with Gasteiger partial charge in [0.25, 0.3) is 0 Å². The zero-order valence-electron chi connectivity index (χ0n) is 10.4. The highest BCUT2D eigenvalue weighted by Crippen LogP contribution is 2.26. The third kappa shape index (κ3) is 2.06. The van der Waals surface area contributed by atoms with Gasteiger partial charge in [-0.05, 0) is 36.4 Å². The van der Waals surface area contributed by atoms with Crippen LogP contribution in [0.4, 0.5) is 5.69 Å². The van der Waals surface area contributed by atoms with E-state index in [4.69, 9.17) is 14.9 Å². The summed E-state index contributed by atoms with van der Waals surface area (Å²) in [6, 6.07) is 11.2. The van der Waals surface area contributed by atoms with E-state index < -0.39 is 0 Å². The predicted octanol–water partition coefficient (Wildman–Crippen LogP) is 2.72. The lowest BCUT2D eigenvalue weighted by Gasteiger charge is -2.02. The number of hydrogen-bond donors (Lipinski definition) is 1. The maximum Gasteiger partial charge on any atom is 0.156 e. The molecular formula is C14H13N3O2. The van der Waals surface area contributed by atoms with Crippen LogP contribution in [0.2, 0.25) is 0 Å². The molecule has 5 nitrogen and oxygen atoms in total. The second kappa shape index (κ2) is 4.53.